The zero-order chi connectivity index (χ0) is 12.0. The molecule has 2 N–H and O–H groups in total. The van der Waals surface area contributed by atoms with Crippen LogP contribution in [0.5, 0.6) is 0 Å². The Morgan fingerprint density at radius 3 is 2.75 bits per heavy atom. The molecule has 0 bridgehead atoms. The molecule has 0 saturated carbocycles. The Morgan fingerprint density at radius 1 is 1.44 bits per heavy atom. The molecule has 1 aliphatic heterocycles. The predicted molar refractivity (Wildman–Crippen MR) is 73.0 cm³/mol. The van der Waals surface area contributed by atoms with E-state index in [0.717, 1.165) is 18.8 Å². The van der Waals surface area contributed by atoms with Crippen molar-refractivity contribution in [3.05, 3.63) is 0 Å². The first kappa shape index (κ1) is 14.3. The Kier molecular flexibility index (Phi) is 6.16. The Labute approximate surface area is 105 Å². The van der Waals surface area contributed by atoms with Gasteiger partial charge in [-0.3, -0.25) is 0 Å². The molecule has 2 atom stereocenters. The highest BCUT2D eigenvalue weighted by molar-refractivity contribution is 8.00. The second kappa shape index (κ2) is 6.87. The van der Waals surface area contributed by atoms with E-state index in [1.807, 2.05) is 11.8 Å². The van der Waals surface area contributed by atoms with Crippen LogP contribution in [0.2, 0.25) is 0 Å². The third-order valence-electron chi connectivity index (χ3n) is 2.86. The molecule has 0 aromatic heterocycles. The monoisotopic (exact) mass is 245 g/mol. The van der Waals surface area contributed by atoms with Gasteiger partial charge >= 0.3 is 0 Å². The molecule has 1 saturated heterocycles. The molecule has 1 heterocycles. The Bertz CT molecular complexity index is 185. The van der Waals surface area contributed by atoms with Crippen LogP contribution in [0.1, 0.15) is 52.9 Å². The van der Waals surface area contributed by atoms with Crippen LogP contribution in [0.4, 0.5) is 0 Å². The van der Waals surface area contributed by atoms with E-state index in [-0.39, 0.29) is 0 Å². The number of ether oxygens (including phenoxy) is 1. The summed E-state index contributed by atoms with van der Waals surface area (Å²) in [5, 5.41) is 0. The van der Waals surface area contributed by atoms with Gasteiger partial charge in [-0.25, -0.2) is 0 Å². The Morgan fingerprint density at radius 2 is 2.19 bits per heavy atom. The van der Waals surface area contributed by atoms with E-state index in [0.29, 0.717) is 16.9 Å². The average Bonchev–Trinajstić information content (AvgIpc) is 2.66. The predicted octanol–water partition coefficient (Wildman–Crippen LogP) is 3.19. The second-order valence-electron chi connectivity index (χ2n) is 5.75. The molecule has 0 radical (unpaired) electrons. The van der Waals surface area contributed by atoms with Crippen LogP contribution >= 0.6 is 11.8 Å². The summed E-state index contributed by atoms with van der Waals surface area (Å²) < 4.78 is 5.94. The highest BCUT2D eigenvalue weighted by atomic mass is 32.2. The van der Waals surface area contributed by atoms with Crippen molar-refractivity contribution in [1.29, 1.82) is 0 Å². The Hall–Kier alpha value is 0.270. The van der Waals surface area contributed by atoms with Crippen molar-refractivity contribution < 1.29 is 4.74 Å². The number of thioether (sulfide) groups is 1. The first-order valence-corrected chi connectivity index (χ1v) is 7.47. The van der Waals surface area contributed by atoms with Gasteiger partial charge in [0.05, 0.1) is 6.10 Å². The molecule has 1 fully saturated rings. The molecule has 0 aromatic carbocycles. The maximum atomic E-state index is 6.10. The van der Waals surface area contributed by atoms with Gasteiger partial charge in [-0.15, -0.1) is 0 Å². The van der Waals surface area contributed by atoms with Crippen LogP contribution in [-0.4, -0.2) is 29.3 Å². The Balaban J connectivity index is 1.99. The van der Waals surface area contributed by atoms with Crippen LogP contribution in [0.3, 0.4) is 0 Å². The summed E-state index contributed by atoms with van der Waals surface area (Å²) in [5.41, 5.74) is 6.10. The van der Waals surface area contributed by atoms with E-state index >= 15 is 0 Å². The van der Waals surface area contributed by atoms with Gasteiger partial charge < -0.3 is 10.5 Å². The summed E-state index contributed by atoms with van der Waals surface area (Å²) in [7, 11) is 0. The summed E-state index contributed by atoms with van der Waals surface area (Å²) >= 11 is 1.97. The van der Waals surface area contributed by atoms with Crippen LogP contribution < -0.4 is 5.73 Å². The van der Waals surface area contributed by atoms with Crippen molar-refractivity contribution >= 4 is 11.8 Å². The third-order valence-corrected chi connectivity index (χ3v) is 4.32. The van der Waals surface area contributed by atoms with Crippen molar-refractivity contribution in [2.45, 2.75) is 69.8 Å². The van der Waals surface area contributed by atoms with Crippen molar-refractivity contribution in [3.8, 4) is 0 Å². The fourth-order valence-electron chi connectivity index (χ4n) is 1.92. The van der Waals surface area contributed by atoms with Crippen LogP contribution in [0.15, 0.2) is 0 Å². The smallest absolute Gasteiger partial charge is 0.0576 e. The quantitative estimate of drug-likeness (QED) is 0.780. The highest BCUT2D eigenvalue weighted by Crippen LogP contribution is 2.24. The summed E-state index contributed by atoms with van der Waals surface area (Å²) in [5.74, 6) is 1.08. The minimum Gasteiger partial charge on any atom is -0.378 e. The van der Waals surface area contributed by atoms with Gasteiger partial charge in [-0.1, -0.05) is 20.8 Å². The number of rotatable bonds is 6. The van der Waals surface area contributed by atoms with Gasteiger partial charge in [0.15, 0.2) is 0 Å². The standard InChI is InChI=1S/C13H27NOS/c1-13(2,3)16-10-11(14)6-4-7-12-8-5-9-15-12/h11-12H,4-10,14H2,1-3H3. The molecule has 0 amide bonds. The lowest BCUT2D eigenvalue weighted by Gasteiger charge is -2.20. The average molecular weight is 245 g/mol. The van der Waals surface area contributed by atoms with Crippen LogP contribution in [-0.2, 0) is 4.74 Å². The summed E-state index contributed by atoms with van der Waals surface area (Å²) in [4.78, 5) is 0. The molecule has 96 valence electrons. The number of hydrogen-bond acceptors (Lipinski definition) is 3. The topological polar surface area (TPSA) is 35.2 Å². The van der Waals surface area contributed by atoms with Gasteiger partial charge in [0, 0.05) is 23.1 Å². The molecule has 2 unspecified atom stereocenters. The molecule has 16 heavy (non-hydrogen) atoms. The van der Waals surface area contributed by atoms with Gasteiger partial charge in [0.2, 0.25) is 0 Å². The molecule has 0 aromatic rings. The van der Waals surface area contributed by atoms with E-state index in [9.17, 15) is 0 Å². The van der Waals surface area contributed by atoms with Crippen molar-refractivity contribution in [2.75, 3.05) is 12.4 Å². The fraction of sp³-hybridized carbons (Fsp3) is 1.00. The number of hydrogen-bond donors (Lipinski definition) is 1. The van der Waals surface area contributed by atoms with Gasteiger partial charge in [-0.05, 0) is 32.1 Å². The first-order chi connectivity index (χ1) is 7.47. The van der Waals surface area contributed by atoms with Gasteiger partial charge in [0.25, 0.3) is 0 Å². The molecule has 3 heteroatoms. The van der Waals surface area contributed by atoms with Crippen molar-refractivity contribution in [1.82, 2.24) is 0 Å². The molecule has 0 spiro atoms. The molecular weight excluding hydrogens is 218 g/mol. The highest BCUT2D eigenvalue weighted by Gasteiger charge is 2.16. The van der Waals surface area contributed by atoms with E-state index in [1.54, 1.807) is 0 Å². The summed E-state index contributed by atoms with van der Waals surface area (Å²) in [6.07, 6.45) is 6.60. The van der Waals surface area contributed by atoms with E-state index in [1.165, 1.54) is 25.7 Å². The lowest BCUT2D eigenvalue weighted by molar-refractivity contribution is 0.102. The first-order valence-electron chi connectivity index (χ1n) is 6.48. The maximum absolute atomic E-state index is 6.10. The maximum Gasteiger partial charge on any atom is 0.0576 e. The molecule has 0 aliphatic carbocycles. The fourth-order valence-corrected chi connectivity index (χ4v) is 2.80. The van der Waals surface area contributed by atoms with E-state index < -0.39 is 0 Å². The molecule has 2 nitrogen and oxygen atoms in total. The zero-order valence-corrected chi connectivity index (χ0v) is 11.8. The minimum atomic E-state index is 0.339. The summed E-state index contributed by atoms with van der Waals surface area (Å²) in [6, 6.07) is 0.352. The molecule has 1 rings (SSSR count). The van der Waals surface area contributed by atoms with Crippen LogP contribution in [0, 0.1) is 0 Å². The molecule has 1 aliphatic rings. The zero-order valence-electron chi connectivity index (χ0n) is 11.0. The van der Waals surface area contributed by atoms with E-state index in [2.05, 4.69) is 20.8 Å². The minimum absolute atomic E-state index is 0.339. The van der Waals surface area contributed by atoms with Crippen molar-refractivity contribution in [2.24, 2.45) is 5.73 Å². The van der Waals surface area contributed by atoms with Crippen LogP contribution in [0.25, 0.3) is 0 Å². The van der Waals surface area contributed by atoms with Gasteiger partial charge in [0.1, 0.15) is 0 Å². The third kappa shape index (κ3) is 6.77. The normalized spacial score (nSPS) is 23.6. The largest absolute Gasteiger partial charge is 0.378 e. The number of nitrogens with two attached hydrogens (primary N) is 1. The lowest BCUT2D eigenvalue weighted by Crippen LogP contribution is -2.25. The molecular formula is C13H27NOS. The van der Waals surface area contributed by atoms with Gasteiger partial charge in [-0.2, -0.15) is 11.8 Å². The van der Waals surface area contributed by atoms with E-state index in [4.69, 9.17) is 10.5 Å². The van der Waals surface area contributed by atoms with Crippen molar-refractivity contribution in [3.63, 3.8) is 0 Å². The second-order valence-corrected chi connectivity index (χ2v) is 7.60. The SMILES string of the molecule is CC(C)(C)SCC(N)CCCC1CCCO1. The summed E-state index contributed by atoms with van der Waals surface area (Å²) in [6.45, 7) is 7.71. The lowest BCUT2D eigenvalue weighted by atomic mass is 10.1.